The van der Waals surface area contributed by atoms with Crippen LogP contribution in [0.3, 0.4) is 0 Å². The van der Waals surface area contributed by atoms with E-state index in [4.69, 9.17) is 14.5 Å². The molecule has 2 aromatic rings. The number of benzene rings is 2. The van der Waals surface area contributed by atoms with Crippen molar-refractivity contribution >= 4 is 43.1 Å². The van der Waals surface area contributed by atoms with Gasteiger partial charge in [0.25, 0.3) is 0 Å². The Kier molecular flexibility index (Phi) is 9.37. The van der Waals surface area contributed by atoms with Gasteiger partial charge in [-0.1, -0.05) is 25.5 Å². The molecule has 0 saturated carbocycles. The third-order valence-corrected chi connectivity index (χ3v) is 8.31. The van der Waals surface area contributed by atoms with Crippen LogP contribution < -0.4 is 14.2 Å². The minimum Gasteiger partial charge on any atom is -0.490 e. The first kappa shape index (κ1) is 29.8. The highest BCUT2D eigenvalue weighted by Gasteiger charge is 2.41. The normalized spacial score (nSPS) is 20.9. The molecular formula is C30H34BrN3O5S. The maximum Gasteiger partial charge on any atom is 0.229 e. The Bertz CT molecular complexity index is 1510. The summed E-state index contributed by atoms with van der Waals surface area (Å²) in [6, 6.07) is 13.1. The van der Waals surface area contributed by atoms with Crippen LogP contribution in [0.25, 0.3) is 0 Å². The monoisotopic (exact) mass is 627 g/mol. The van der Waals surface area contributed by atoms with E-state index in [9.17, 15) is 18.5 Å². The van der Waals surface area contributed by atoms with Crippen LogP contribution in [-0.2, 0) is 21.4 Å². The highest BCUT2D eigenvalue weighted by Crippen LogP contribution is 2.48. The Hall–Kier alpha value is -3.16. The second kappa shape index (κ2) is 12.6. The molecule has 2 aliphatic rings. The summed E-state index contributed by atoms with van der Waals surface area (Å²) < 4.78 is 38.5. The van der Waals surface area contributed by atoms with Crippen LogP contribution in [0.5, 0.6) is 11.5 Å². The molecular weight excluding hydrogens is 594 g/mol. The number of nitriles is 1. The van der Waals surface area contributed by atoms with Gasteiger partial charge in [-0.2, -0.15) is 5.26 Å². The standard InChI is InChI=1S/C30H34BrN3O5S/c1-5-8-19-12-25-29(26(35)13-19)28(23(16-32)18(3)33-25)21-14-24(31)30(27(15-21)38-6-2)39-17-20-9-7-10-22(11-20)34-40(4,36)37/h7,9-11,14-15,19,23,28,34H,5-6,8,12-13,17H2,1-4H3. The first-order chi connectivity index (χ1) is 19.0. The van der Waals surface area contributed by atoms with Gasteiger partial charge in [0.1, 0.15) is 6.61 Å². The van der Waals surface area contributed by atoms with Crippen molar-refractivity contribution in [2.75, 3.05) is 17.6 Å². The molecule has 40 heavy (non-hydrogen) atoms. The van der Waals surface area contributed by atoms with Crippen LogP contribution in [0, 0.1) is 23.2 Å². The van der Waals surface area contributed by atoms with E-state index < -0.39 is 21.9 Å². The largest absolute Gasteiger partial charge is 0.490 e. The number of rotatable bonds is 10. The van der Waals surface area contributed by atoms with E-state index >= 15 is 0 Å². The van der Waals surface area contributed by atoms with Crippen LogP contribution in [-0.4, -0.2) is 32.8 Å². The summed E-state index contributed by atoms with van der Waals surface area (Å²) in [6.45, 7) is 6.41. The molecule has 0 amide bonds. The van der Waals surface area contributed by atoms with Crippen LogP contribution in [0.2, 0.25) is 0 Å². The van der Waals surface area contributed by atoms with Gasteiger partial charge in [0.05, 0.1) is 29.3 Å². The first-order valence-corrected chi connectivity index (χ1v) is 16.1. The Labute approximate surface area is 244 Å². The molecule has 1 N–H and O–H groups in total. The first-order valence-electron chi connectivity index (χ1n) is 13.4. The summed E-state index contributed by atoms with van der Waals surface area (Å²) in [6.07, 6.45) is 4.31. The number of halogens is 1. The van der Waals surface area contributed by atoms with Gasteiger partial charge in [0.2, 0.25) is 10.0 Å². The molecule has 10 heteroatoms. The Morgan fingerprint density at radius 3 is 2.62 bits per heavy atom. The minimum absolute atomic E-state index is 0.0678. The Balaban J connectivity index is 1.69. The number of nitrogens with one attached hydrogen (secondary N) is 1. The number of nitrogens with zero attached hydrogens (tertiary/aromatic N) is 2. The van der Waals surface area contributed by atoms with E-state index in [2.05, 4.69) is 33.6 Å². The quantitative estimate of drug-likeness (QED) is 0.320. The molecule has 212 valence electrons. The zero-order valence-corrected chi connectivity index (χ0v) is 25.6. The fourth-order valence-electron chi connectivity index (χ4n) is 5.54. The van der Waals surface area contributed by atoms with E-state index in [0.717, 1.165) is 42.3 Å². The van der Waals surface area contributed by atoms with Gasteiger partial charge in [-0.3, -0.25) is 14.5 Å². The summed E-state index contributed by atoms with van der Waals surface area (Å²) >= 11 is 3.64. The van der Waals surface area contributed by atoms with E-state index in [0.29, 0.717) is 46.0 Å². The van der Waals surface area contributed by atoms with E-state index in [1.54, 1.807) is 18.2 Å². The van der Waals surface area contributed by atoms with Crippen molar-refractivity contribution in [3.8, 4) is 17.6 Å². The summed E-state index contributed by atoms with van der Waals surface area (Å²) in [7, 11) is -3.40. The molecule has 1 heterocycles. The van der Waals surface area contributed by atoms with Gasteiger partial charge in [0.15, 0.2) is 17.3 Å². The van der Waals surface area contributed by atoms with Crippen LogP contribution >= 0.6 is 15.9 Å². The summed E-state index contributed by atoms with van der Waals surface area (Å²) in [5, 5.41) is 10.1. The molecule has 8 nitrogen and oxygen atoms in total. The number of anilines is 1. The molecule has 4 rings (SSSR count). The van der Waals surface area contributed by atoms with E-state index in [-0.39, 0.29) is 18.3 Å². The molecule has 0 aromatic heterocycles. The number of allylic oxidation sites excluding steroid dienone is 2. The van der Waals surface area contributed by atoms with Gasteiger partial charge < -0.3 is 9.47 Å². The van der Waals surface area contributed by atoms with Crippen molar-refractivity contribution in [1.82, 2.24) is 0 Å². The average Bonchev–Trinajstić information content (AvgIpc) is 2.87. The van der Waals surface area contributed by atoms with Crippen molar-refractivity contribution in [2.24, 2.45) is 16.8 Å². The molecule has 1 aliphatic carbocycles. The third-order valence-electron chi connectivity index (χ3n) is 7.11. The number of hydrogen-bond donors (Lipinski definition) is 1. The number of ether oxygens (including phenoxy) is 2. The van der Waals surface area contributed by atoms with Gasteiger partial charge in [-0.15, -0.1) is 0 Å². The number of sulfonamides is 1. The average molecular weight is 629 g/mol. The lowest BCUT2D eigenvalue weighted by Crippen LogP contribution is -2.32. The Morgan fingerprint density at radius 1 is 1.18 bits per heavy atom. The van der Waals surface area contributed by atoms with E-state index in [1.807, 2.05) is 32.0 Å². The molecule has 0 fully saturated rings. The van der Waals surface area contributed by atoms with Crippen molar-refractivity contribution in [2.45, 2.75) is 59.0 Å². The molecule has 1 aliphatic heterocycles. The van der Waals surface area contributed by atoms with Gasteiger partial charge in [-0.25, -0.2) is 8.42 Å². The van der Waals surface area contributed by atoms with Crippen molar-refractivity contribution < 1.29 is 22.7 Å². The summed E-state index contributed by atoms with van der Waals surface area (Å²) in [4.78, 5) is 18.2. The number of carbonyl (C=O) groups excluding carboxylic acids is 1. The summed E-state index contributed by atoms with van der Waals surface area (Å²) in [5.41, 5.74) is 4.16. The van der Waals surface area contributed by atoms with Gasteiger partial charge in [0, 0.05) is 35.0 Å². The minimum atomic E-state index is -3.40. The van der Waals surface area contributed by atoms with E-state index in [1.165, 1.54) is 0 Å². The van der Waals surface area contributed by atoms with Gasteiger partial charge in [-0.05, 0) is 83.9 Å². The topological polar surface area (TPSA) is 118 Å². The lowest BCUT2D eigenvalue weighted by molar-refractivity contribution is -0.117. The maximum absolute atomic E-state index is 13.5. The molecule has 0 radical (unpaired) electrons. The zero-order valence-electron chi connectivity index (χ0n) is 23.2. The lowest BCUT2D eigenvalue weighted by atomic mass is 9.70. The fourth-order valence-corrected chi connectivity index (χ4v) is 6.67. The van der Waals surface area contributed by atoms with Gasteiger partial charge >= 0.3 is 0 Å². The SMILES string of the molecule is CCCC1CC(=O)C2=C(C1)N=C(C)C(C#N)C2c1cc(Br)c(OCc2cccc(NS(C)(=O)=O)c2)c(OCC)c1. The number of Topliss-reactive ketones (excluding diaryl/α,β-unsaturated/α-hetero) is 1. The Morgan fingerprint density at radius 2 is 1.95 bits per heavy atom. The third kappa shape index (κ3) is 6.76. The smallest absolute Gasteiger partial charge is 0.229 e. The number of hydrogen-bond acceptors (Lipinski definition) is 7. The predicted octanol–water partition coefficient (Wildman–Crippen LogP) is 6.53. The lowest BCUT2D eigenvalue weighted by Gasteiger charge is -2.35. The highest BCUT2D eigenvalue weighted by molar-refractivity contribution is 9.10. The van der Waals surface area contributed by atoms with Crippen LogP contribution in [0.1, 0.15) is 63.5 Å². The van der Waals surface area contributed by atoms with Crippen molar-refractivity contribution in [1.29, 1.82) is 5.26 Å². The number of ketones is 1. The molecule has 3 unspecified atom stereocenters. The molecule has 0 spiro atoms. The maximum atomic E-state index is 13.5. The zero-order chi connectivity index (χ0) is 29.0. The second-order valence-electron chi connectivity index (χ2n) is 10.3. The number of aliphatic imine (C=N–C) groups is 1. The van der Waals surface area contributed by atoms with Crippen molar-refractivity contribution in [3.05, 3.63) is 63.3 Å². The summed E-state index contributed by atoms with van der Waals surface area (Å²) in [5.74, 6) is 0.301. The predicted molar refractivity (Wildman–Crippen MR) is 159 cm³/mol. The van der Waals surface area contributed by atoms with Crippen LogP contribution in [0.15, 0.2) is 57.1 Å². The van der Waals surface area contributed by atoms with Crippen molar-refractivity contribution in [3.63, 3.8) is 0 Å². The number of carbonyl (C=O) groups is 1. The molecule has 0 bridgehead atoms. The fraction of sp³-hybridized carbons (Fsp3) is 0.433. The molecule has 3 atom stereocenters. The van der Waals surface area contributed by atoms with Crippen LogP contribution in [0.4, 0.5) is 5.69 Å². The second-order valence-corrected chi connectivity index (χ2v) is 12.9. The highest BCUT2D eigenvalue weighted by atomic mass is 79.9. The molecule has 2 aromatic carbocycles. The molecule has 0 saturated heterocycles.